The number of carbonyl (C=O) groups excluding carboxylic acids is 1. The minimum Gasteiger partial charge on any atom is -0.486 e. The van der Waals surface area contributed by atoms with Crippen LogP contribution in [0.5, 0.6) is 17.2 Å². The summed E-state index contributed by atoms with van der Waals surface area (Å²) in [5, 5.41) is 6.92. The fourth-order valence-corrected chi connectivity index (χ4v) is 3.23. The summed E-state index contributed by atoms with van der Waals surface area (Å²) in [4.78, 5) is 12.5. The second-order valence-electron chi connectivity index (χ2n) is 7.08. The molecule has 0 saturated heterocycles. The summed E-state index contributed by atoms with van der Waals surface area (Å²) < 4.78 is 36.8. The van der Waals surface area contributed by atoms with Crippen molar-refractivity contribution in [3.8, 4) is 17.2 Å². The lowest BCUT2D eigenvalue weighted by Crippen LogP contribution is -2.10. The highest BCUT2D eigenvalue weighted by molar-refractivity contribution is 6.02. The number of anilines is 1. The van der Waals surface area contributed by atoms with E-state index in [0.29, 0.717) is 35.2 Å². The van der Waals surface area contributed by atoms with E-state index in [-0.39, 0.29) is 25.0 Å². The first-order valence-electron chi connectivity index (χ1n) is 9.82. The van der Waals surface area contributed by atoms with Gasteiger partial charge in [0.15, 0.2) is 17.3 Å². The zero-order valence-electron chi connectivity index (χ0n) is 16.8. The summed E-state index contributed by atoms with van der Waals surface area (Å²) in [6.07, 6.45) is 3.18. The zero-order valence-corrected chi connectivity index (χ0v) is 16.8. The SMILES string of the molecule is O=C(Nc1cnn(Cc2cccc(F)c2)c1)c1ccc(COc2ccc3c(c2)OCO3)o1. The topological polar surface area (TPSA) is 87.8 Å². The highest BCUT2D eigenvalue weighted by Crippen LogP contribution is 2.35. The van der Waals surface area contributed by atoms with E-state index in [4.69, 9.17) is 18.6 Å². The van der Waals surface area contributed by atoms with Gasteiger partial charge in [-0.3, -0.25) is 9.48 Å². The number of amides is 1. The molecule has 1 N–H and O–H groups in total. The lowest BCUT2D eigenvalue weighted by molar-refractivity contribution is 0.0992. The third kappa shape index (κ3) is 4.41. The van der Waals surface area contributed by atoms with Crippen LogP contribution >= 0.6 is 0 Å². The first-order chi connectivity index (χ1) is 15.6. The molecule has 0 aliphatic carbocycles. The van der Waals surface area contributed by atoms with Gasteiger partial charge in [0.25, 0.3) is 5.91 Å². The number of hydrogen-bond donors (Lipinski definition) is 1. The number of carbonyl (C=O) groups is 1. The Bertz CT molecular complexity index is 1270. The van der Waals surface area contributed by atoms with Crippen molar-refractivity contribution in [1.82, 2.24) is 9.78 Å². The van der Waals surface area contributed by atoms with Gasteiger partial charge in [-0.15, -0.1) is 0 Å². The first kappa shape index (κ1) is 19.7. The van der Waals surface area contributed by atoms with Gasteiger partial charge in [0, 0.05) is 12.3 Å². The van der Waals surface area contributed by atoms with Crippen LogP contribution in [-0.2, 0) is 13.2 Å². The van der Waals surface area contributed by atoms with Crippen molar-refractivity contribution in [3.05, 3.63) is 89.9 Å². The van der Waals surface area contributed by atoms with E-state index in [9.17, 15) is 9.18 Å². The van der Waals surface area contributed by atoms with Gasteiger partial charge >= 0.3 is 0 Å². The Labute approximate surface area is 182 Å². The van der Waals surface area contributed by atoms with Gasteiger partial charge in [-0.2, -0.15) is 5.10 Å². The molecule has 0 radical (unpaired) electrons. The number of hydrogen-bond acceptors (Lipinski definition) is 6. The van der Waals surface area contributed by atoms with Crippen LogP contribution in [0.2, 0.25) is 0 Å². The van der Waals surface area contributed by atoms with Crippen molar-refractivity contribution in [2.75, 3.05) is 12.1 Å². The lowest BCUT2D eigenvalue weighted by atomic mass is 10.2. The molecular formula is C23H18FN3O5. The quantitative estimate of drug-likeness (QED) is 0.468. The Morgan fingerprint density at radius 3 is 2.94 bits per heavy atom. The second kappa shape index (κ2) is 8.46. The number of nitrogens with one attached hydrogen (secondary N) is 1. The molecule has 4 aromatic rings. The second-order valence-corrected chi connectivity index (χ2v) is 7.08. The minimum atomic E-state index is -0.412. The highest BCUT2D eigenvalue weighted by atomic mass is 19.1. The molecule has 3 heterocycles. The van der Waals surface area contributed by atoms with Gasteiger partial charge in [-0.1, -0.05) is 12.1 Å². The van der Waals surface area contributed by atoms with Crippen LogP contribution in [0.25, 0.3) is 0 Å². The van der Waals surface area contributed by atoms with E-state index in [1.807, 2.05) is 0 Å². The lowest BCUT2D eigenvalue weighted by Gasteiger charge is -2.05. The molecule has 1 amide bonds. The Balaban J connectivity index is 1.17. The largest absolute Gasteiger partial charge is 0.486 e. The van der Waals surface area contributed by atoms with Crippen molar-refractivity contribution in [2.24, 2.45) is 0 Å². The number of rotatable bonds is 7. The van der Waals surface area contributed by atoms with Crippen LogP contribution in [0.4, 0.5) is 10.1 Å². The van der Waals surface area contributed by atoms with Crippen LogP contribution < -0.4 is 19.5 Å². The van der Waals surface area contributed by atoms with Crippen LogP contribution in [-0.4, -0.2) is 22.5 Å². The van der Waals surface area contributed by atoms with Gasteiger partial charge in [-0.25, -0.2) is 4.39 Å². The zero-order chi connectivity index (χ0) is 21.9. The summed E-state index contributed by atoms with van der Waals surface area (Å²) in [6.45, 7) is 0.730. The van der Waals surface area contributed by atoms with Gasteiger partial charge < -0.3 is 23.9 Å². The van der Waals surface area contributed by atoms with E-state index in [1.54, 1.807) is 53.3 Å². The van der Waals surface area contributed by atoms with Crippen LogP contribution in [0.1, 0.15) is 21.9 Å². The van der Waals surface area contributed by atoms with Crippen LogP contribution in [0.3, 0.4) is 0 Å². The summed E-state index contributed by atoms with van der Waals surface area (Å²) in [5.41, 5.74) is 1.27. The van der Waals surface area contributed by atoms with Crippen LogP contribution in [0.15, 0.2) is 71.4 Å². The average molecular weight is 435 g/mol. The molecule has 32 heavy (non-hydrogen) atoms. The number of nitrogens with zero attached hydrogens (tertiary/aromatic N) is 2. The third-order valence-electron chi connectivity index (χ3n) is 4.74. The molecule has 8 nitrogen and oxygen atoms in total. The van der Waals surface area contributed by atoms with Crippen molar-refractivity contribution in [3.63, 3.8) is 0 Å². The number of aromatic nitrogens is 2. The number of benzene rings is 2. The van der Waals surface area contributed by atoms with Gasteiger partial charge in [0.2, 0.25) is 6.79 Å². The number of halogens is 1. The Hall–Kier alpha value is -4.27. The Morgan fingerprint density at radius 2 is 2.03 bits per heavy atom. The molecule has 0 spiro atoms. The van der Waals surface area contributed by atoms with E-state index in [0.717, 1.165) is 5.56 Å². The standard InChI is InChI=1S/C23H18FN3O5/c24-16-3-1-2-15(8-16)11-27-12-17(10-25-27)26-23(28)21-7-5-19(32-21)13-29-18-4-6-20-22(9-18)31-14-30-20/h1-10,12H,11,13-14H2,(H,26,28). The van der Waals surface area contributed by atoms with E-state index >= 15 is 0 Å². The summed E-state index contributed by atoms with van der Waals surface area (Å²) in [5.74, 6) is 1.82. The average Bonchev–Trinajstić information content (AvgIpc) is 3.53. The monoisotopic (exact) mass is 435 g/mol. The van der Waals surface area contributed by atoms with Crippen molar-refractivity contribution in [2.45, 2.75) is 13.2 Å². The fourth-order valence-electron chi connectivity index (χ4n) is 3.23. The predicted octanol–water partition coefficient (Wildman–Crippen LogP) is 4.22. The summed E-state index contributed by atoms with van der Waals surface area (Å²) >= 11 is 0. The van der Waals surface area contributed by atoms with E-state index in [2.05, 4.69) is 10.4 Å². The fraction of sp³-hybridized carbons (Fsp3) is 0.130. The molecule has 2 aromatic heterocycles. The van der Waals surface area contributed by atoms with Crippen molar-refractivity contribution < 1.29 is 27.8 Å². The maximum Gasteiger partial charge on any atom is 0.291 e. The highest BCUT2D eigenvalue weighted by Gasteiger charge is 2.15. The molecule has 0 atom stereocenters. The minimum absolute atomic E-state index is 0.146. The molecule has 1 aliphatic heterocycles. The predicted molar refractivity (Wildman–Crippen MR) is 111 cm³/mol. The number of furan rings is 1. The maximum atomic E-state index is 13.3. The molecule has 0 saturated carbocycles. The number of fused-ring (bicyclic) bond motifs is 1. The smallest absolute Gasteiger partial charge is 0.291 e. The molecule has 0 unspecified atom stereocenters. The van der Waals surface area contributed by atoms with Crippen LogP contribution in [0, 0.1) is 5.82 Å². The first-order valence-corrected chi connectivity index (χ1v) is 9.82. The molecule has 0 fully saturated rings. The molecule has 5 rings (SSSR count). The molecule has 2 aromatic carbocycles. The summed E-state index contributed by atoms with van der Waals surface area (Å²) in [7, 11) is 0. The van der Waals surface area contributed by atoms with Crippen molar-refractivity contribution >= 4 is 11.6 Å². The molecule has 1 aliphatic rings. The summed E-state index contributed by atoms with van der Waals surface area (Å²) in [6, 6.07) is 14.8. The molecule has 162 valence electrons. The van der Waals surface area contributed by atoms with Crippen molar-refractivity contribution in [1.29, 1.82) is 0 Å². The Kier molecular flexibility index (Phi) is 5.20. The molecule has 0 bridgehead atoms. The Morgan fingerprint density at radius 1 is 1.12 bits per heavy atom. The maximum absolute atomic E-state index is 13.3. The third-order valence-corrected chi connectivity index (χ3v) is 4.74. The van der Waals surface area contributed by atoms with Gasteiger partial charge in [0.1, 0.15) is 23.9 Å². The normalized spacial score (nSPS) is 12.0. The number of ether oxygens (including phenoxy) is 3. The van der Waals surface area contributed by atoms with Gasteiger partial charge in [-0.05, 0) is 42.0 Å². The van der Waals surface area contributed by atoms with Gasteiger partial charge in [0.05, 0.1) is 18.4 Å². The molecular weight excluding hydrogens is 417 g/mol. The van der Waals surface area contributed by atoms with E-state index in [1.165, 1.54) is 18.3 Å². The molecule has 9 heteroatoms. The van der Waals surface area contributed by atoms with E-state index < -0.39 is 5.91 Å².